The number of rotatable bonds is 6. The van der Waals surface area contributed by atoms with Gasteiger partial charge >= 0.3 is 0 Å². The van der Waals surface area contributed by atoms with E-state index in [1.165, 1.54) is 0 Å². The van der Waals surface area contributed by atoms with Gasteiger partial charge in [0.2, 0.25) is 5.91 Å². The maximum atomic E-state index is 12.3. The first-order valence-electron chi connectivity index (χ1n) is 6.94. The van der Waals surface area contributed by atoms with Crippen molar-refractivity contribution in [3.63, 3.8) is 0 Å². The van der Waals surface area contributed by atoms with Gasteiger partial charge in [0.1, 0.15) is 0 Å². The Kier molecular flexibility index (Phi) is 4.78. The van der Waals surface area contributed by atoms with Crippen LogP contribution in [0.5, 0.6) is 0 Å². The number of nitrogens with one attached hydrogen (secondary N) is 1. The maximum absolute atomic E-state index is 12.3. The number of carbonyl (C=O) groups excluding carboxylic acids is 1. The Morgan fingerprint density at radius 1 is 1.50 bits per heavy atom. The molecule has 0 radical (unpaired) electrons. The molecule has 106 valence electrons. The lowest BCUT2D eigenvalue weighted by Crippen LogP contribution is -2.62. The standard InChI is InChI=1S/C14H28N2O2/c1-6-11(2)13(3,18)10-15-12(17)14(16(4)5)8-7-9-14/h11,18H,6-10H2,1-5H3,(H,15,17). The molecule has 0 aromatic heterocycles. The fraction of sp³-hybridized carbons (Fsp3) is 0.929. The van der Waals surface area contributed by atoms with Crippen molar-refractivity contribution in [1.29, 1.82) is 0 Å². The molecule has 1 rings (SSSR count). The summed E-state index contributed by atoms with van der Waals surface area (Å²) in [6.45, 7) is 6.19. The van der Waals surface area contributed by atoms with Gasteiger partial charge in [-0.15, -0.1) is 0 Å². The first-order chi connectivity index (χ1) is 8.26. The Morgan fingerprint density at radius 3 is 2.39 bits per heavy atom. The highest BCUT2D eigenvalue weighted by Gasteiger charge is 2.46. The molecule has 2 unspecified atom stereocenters. The van der Waals surface area contributed by atoms with Gasteiger partial charge in [0.25, 0.3) is 0 Å². The Bertz CT molecular complexity index is 296. The second-order valence-corrected chi connectivity index (χ2v) is 6.13. The molecule has 0 aromatic rings. The van der Waals surface area contributed by atoms with Crippen molar-refractivity contribution in [2.24, 2.45) is 5.92 Å². The van der Waals surface area contributed by atoms with Crippen LogP contribution in [0.1, 0.15) is 46.5 Å². The largest absolute Gasteiger partial charge is 0.388 e. The highest BCUT2D eigenvalue weighted by molar-refractivity contribution is 5.87. The number of hydrogen-bond acceptors (Lipinski definition) is 3. The molecule has 2 atom stereocenters. The quantitative estimate of drug-likeness (QED) is 0.755. The topological polar surface area (TPSA) is 52.6 Å². The predicted octanol–water partition coefficient (Wildman–Crippen LogP) is 1.38. The van der Waals surface area contributed by atoms with Crippen LogP contribution in [0.4, 0.5) is 0 Å². The highest BCUT2D eigenvalue weighted by Crippen LogP contribution is 2.36. The van der Waals surface area contributed by atoms with Crippen LogP contribution in [-0.2, 0) is 4.79 Å². The lowest BCUT2D eigenvalue weighted by Gasteiger charge is -2.46. The van der Waals surface area contributed by atoms with Crippen molar-refractivity contribution >= 4 is 5.91 Å². The van der Waals surface area contributed by atoms with E-state index in [4.69, 9.17) is 0 Å². The van der Waals surface area contributed by atoms with Gasteiger partial charge < -0.3 is 10.4 Å². The zero-order valence-corrected chi connectivity index (χ0v) is 12.4. The summed E-state index contributed by atoms with van der Waals surface area (Å²) in [4.78, 5) is 14.3. The van der Waals surface area contributed by atoms with E-state index in [1.54, 1.807) is 6.92 Å². The van der Waals surface area contributed by atoms with Crippen LogP contribution in [0.15, 0.2) is 0 Å². The molecule has 0 saturated heterocycles. The smallest absolute Gasteiger partial charge is 0.240 e. The monoisotopic (exact) mass is 256 g/mol. The van der Waals surface area contributed by atoms with Gasteiger partial charge in [0, 0.05) is 6.54 Å². The SMILES string of the molecule is CCC(C)C(C)(O)CNC(=O)C1(N(C)C)CCC1. The molecule has 1 aliphatic rings. The Hall–Kier alpha value is -0.610. The van der Waals surface area contributed by atoms with Crippen molar-refractivity contribution < 1.29 is 9.90 Å². The minimum absolute atomic E-state index is 0.0577. The summed E-state index contributed by atoms with van der Waals surface area (Å²) < 4.78 is 0. The van der Waals surface area contributed by atoms with E-state index >= 15 is 0 Å². The average Bonchev–Trinajstić information content (AvgIpc) is 2.23. The Labute approximate surface area is 111 Å². The molecule has 1 saturated carbocycles. The number of likely N-dealkylation sites (N-methyl/N-ethyl adjacent to an activating group) is 1. The van der Waals surface area contributed by atoms with Crippen molar-refractivity contribution in [2.45, 2.75) is 57.6 Å². The van der Waals surface area contributed by atoms with Crippen LogP contribution >= 0.6 is 0 Å². The van der Waals surface area contributed by atoms with Gasteiger partial charge in [-0.25, -0.2) is 0 Å². The summed E-state index contributed by atoms with van der Waals surface area (Å²) >= 11 is 0. The van der Waals surface area contributed by atoms with E-state index in [9.17, 15) is 9.90 Å². The number of carbonyl (C=O) groups is 1. The zero-order valence-electron chi connectivity index (χ0n) is 12.4. The summed E-state index contributed by atoms with van der Waals surface area (Å²) in [6, 6.07) is 0. The minimum atomic E-state index is -0.832. The molecule has 0 spiro atoms. The fourth-order valence-corrected chi connectivity index (χ4v) is 2.43. The van der Waals surface area contributed by atoms with Gasteiger partial charge in [-0.1, -0.05) is 20.3 Å². The second-order valence-electron chi connectivity index (χ2n) is 6.13. The number of hydrogen-bond donors (Lipinski definition) is 2. The third-order valence-corrected chi connectivity index (χ3v) is 4.74. The Morgan fingerprint density at radius 2 is 2.06 bits per heavy atom. The molecule has 1 aliphatic carbocycles. The van der Waals surface area contributed by atoms with Gasteiger partial charge in [-0.3, -0.25) is 9.69 Å². The van der Waals surface area contributed by atoms with Crippen molar-refractivity contribution in [1.82, 2.24) is 10.2 Å². The number of amides is 1. The first kappa shape index (κ1) is 15.4. The van der Waals surface area contributed by atoms with Crippen LogP contribution in [0, 0.1) is 5.92 Å². The zero-order chi connectivity index (χ0) is 14.0. The summed E-state index contributed by atoms with van der Waals surface area (Å²) in [5.41, 5.74) is -1.17. The van der Waals surface area contributed by atoms with Crippen LogP contribution in [-0.4, -0.2) is 47.7 Å². The minimum Gasteiger partial charge on any atom is -0.388 e. The van der Waals surface area contributed by atoms with Gasteiger partial charge in [0.05, 0.1) is 11.1 Å². The van der Waals surface area contributed by atoms with E-state index in [-0.39, 0.29) is 17.4 Å². The molecule has 0 heterocycles. The molecule has 1 amide bonds. The molecule has 0 aromatic carbocycles. The van der Waals surface area contributed by atoms with E-state index in [0.717, 1.165) is 25.7 Å². The van der Waals surface area contributed by atoms with E-state index in [0.29, 0.717) is 6.54 Å². The lowest BCUT2D eigenvalue weighted by atomic mass is 9.74. The summed E-state index contributed by atoms with van der Waals surface area (Å²) in [6.07, 6.45) is 3.84. The van der Waals surface area contributed by atoms with E-state index in [1.807, 2.05) is 32.8 Å². The van der Waals surface area contributed by atoms with Crippen LogP contribution < -0.4 is 5.32 Å². The molecule has 1 fully saturated rings. The maximum Gasteiger partial charge on any atom is 0.240 e. The molecule has 0 bridgehead atoms. The summed E-state index contributed by atoms with van der Waals surface area (Å²) in [5.74, 6) is 0.233. The van der Waals surface area contributed by atoms with Gasteiger partial charge in [0.15, 0.2) is 0 Å². The van der Waals surface area contributed by atoms with Crippen molar-refractivity contribution in [2.75, 3.05) is 20.6 Å². The molecular weight excluding hydrogens is 228 g/mol. The van der Waals surface area contributed by atoms with Crippen molar-refractivity contribution in [3.8, 4) is 0 Å². The highest BCUT2D eigenvalue weighted by atomic mass is 16.3. The number of nitrogens with zero attached hydrogens (tertiary/aromatic N) is 1. The average molecular weight is 256 g/mol. The summed E-state index contributed by atoms with van der Waals surface area (Å²) in [7, 11) is 3.90. The van der Waals surface area contributed by atoms with Gasteiger partial charge in [-0.2, -0.15) is 0 Å². The number of aliphatic hydroxyl groups is 1. The molecule has 18 heavy (non-hydrogen) atoms. The van der Waals surface area contributed by atoms with E-state index < -0.39 is 5.60 Å². The molecule has 0 aliphatic heterocycles. The Balaban J connectivity index is 2.56. The third kappa shape index (κ3) is 2.86. The first-order valence-corrected chi connectivity index (χ1v) is 6.94. The lowest BCUT2D eigenvalue weighted by molar-refractivity contribution is -0.139. The normalized spacial score (nSPS) is 23.1. The van der Waals surface area contributed by atoms with Gasteiger partial charge in [-0.05, 0) is 46.2 Å². The van der Waals surface area contributed by atoms with Crippen LogP contribution in [0.25, 0.3) is 0 Å². The summed E-state index contributed by atoms with van der Waals surface area (Å²) in [5, 5.41) is 13.2. The molecule has 2 N–H and O–H groups in total. The second kappa shape index (κ2) is 5.57. The van der Waals surface area contributed by atoms with E-state index in [2.05, 4.69) is 5.32 Å². The molecular formula is C14H28N2O2. The molecule has 4 heteroatoms. The molecule has 4 nitrogen and oxygen atoms in total. The van der Waals surface area contributed by atoms with Crippen LogP contribution in [0.2, 0.25) is 0 Å². The van der Waals surface area contributed by atoms with Crippen LogP contribution in [0.3, 0.4) is 0 Å². The third-order valence-electron chi connectivity index (χ3n) is 4.74. The van der Waals surface area contributed by atoms with Crippen molar-refractivity contribution in [3.05, 3.63) is 0 Å². The predicted molar refractivity (Wildman–Crippen MR) is 73.4 cm³/mol. The fourth-order valence-electron chi connectivity index (χ4n) is 2.43.